The maximum Gasteiger partial charge on any atom is 0.141 e. The van der Waals surface area contributed by atoms with Crippen LogP contribution >= 0.6 is 0 Å². The molecule has 4 N–H and O–H groups in total. The van der Waals surface area contributed by atoms with Crippen LogP contribution in [0.3, 0.4) is 0 Å². The first-order valence-corrected chi connectivity index (χ1v) is 3.31. The molecule has 3 nitrogen and oxygen atoms in total. The van der Waals surface area contributed by atoms with E-state index in [2.05, 4.69) is 4.98 Å². The first-order chi connectivity index (χ1) is 5.24. The lowest BCUT2D eigenvalue weighted by molar-refractivity contribution is 0.613. The topological polar surface area (TPSA) is 64.9 Å². The largest absolute Gasteiger partial charge is 0.329 e. The monoisotopic (exact) mass is 155 g/mol. The molecule has 0 aromatic carbocycles. The summed E-state index contributed by atoms with van der Waals surface area (Å²) in [6.45, 7) is 0.318. The van der Waals surface area contributed by atoms with Gasteiger partial charge in [0.1, 0.15) is 5.82 Å². The highest BCUT2D eigenvalue weighted by Crippen LogP contribution is 2.04. The quantitative estimate of drug-likeness (QED) is 0.640. The lowest BCUT2D eigenvalue weighted by Gasteiger charge is -2.06. The summed E-state index contributed by atoms with van der Waals surface area (Å²) < 4.78 is 12.3. The molecule has 1 heterocycles. The van der Waals surface area contributed by atoms with E-state index in [1.54, 1.807) is 0 Å². The normalized spacial score (nSPS) is 13.0. The van der Waals surface area contributed by atoms with Gasteiger partial charge in [-0.05, 0) is 12.1 Å². The summed E-state index contributed by atoms with van der Waals surface area (Å²) in [5, 5.41) is 0. The van der Waals surface area contributed by atoms with Gasteiger partial charge in [0, 0.05) is 6.54 Å². The summed E-state index contributed by atoms with van der Waals surface area (Å²) in [6, 6.07) is 2.56. The zero-order chi connectivity index (χ0) is 8.27. The number of pyridine rings is 1. The molecular formula is C7H10FN3. The maximum absolute atomic E-state index is 12.3. The number of rotatable bonds is 2. The first kappa shape index (κ1) is 8.10. The minimum atomic E-state index is -0.363. The molecule has 0 aliphatic carbocycles. The third-order valence-electron chi connectivity index (χ3n) is 1.38. The summed E-state index contributed by atoms with van der Waals surface area (Å²) in [6.07, 6.45) is 1.13. The zero-order valence-electron chi connectivity index (χ0n) is 6.00. The predicted molar refractivity (Wildman–Crippen MR) is 40.2 cm³/mol. The molecule has 0 aliphatic heterocycles. The second-order valence-corrected chi connectivity index (χ2v) is 2.24. The maximum atomic E-state index is 12.3. The Balaban J connectivity index is 2.81. The lowest BCUT2D eigenvalue weighted by Crippen LogP contribution is -2.21. The van der Waals surface area contributed by atoms with Gasteiger partial charge in [-0.1, -0.05) is 0 Å². The predicted octanol–water partition coefficient (Wildman–Crippen LogP) is 0.179. The third-order valence-corrected chi connectivity index (χ3v) is 1.38. The van der Waals surface area contributed by atoms with Crippen molar-refractivity contribution in [2.45, 2.75) is 6.04 Å². The van der Waals surface area contributed by atoms with Crippen LogP contribution in [0, 0.1) is 5.82 Å². The Bertz CT molecular complexity index is 222. The third kappa shape index (κ3) is 1.96. The molecule has 1 atom stereocenters. The molecule has 0 aliphatic rings. The highest BCUT2D eigenvalue weighted by molar-refractivity contribution is 5.09. The van der Waals surface area contributed by atoms with Crippen LogP contribution in [0.4, 0.5) is 4.39 Å². The molecule has 60 valence electrons. The van der Waals surface area contributed by atoms with Gasteiger partial charge in [-0.25, -0.2) is 4.39 Å². The van der Waals surface area contributed by atoms with Gasteiger partial charge in [-0.15, -0.1) is 0 Å². The molecular weight excluding hydrogens is 145 g/mol. The van der Waals surface area contributed by atoms with Gasteiger partial charge in [0.2, 0.25) is 0 Å². The van der Waals surface area contributed by atoms with Crippen molar-refractivity contribution in [3.05, 3.63) is 29.8 Å². The zero-order valence-corrected chi connectivity index (χ0v) is 6.00. The van der Waals surface area contributed by atoms with E-state index in [4.69, 9.17) is 11.5 Å². The molecule has 0 saturated heterocycles. The number of aromatic nitrogens is 1. The summed E-state index contributed by atoms with van der Waals surface area (Å²) in [5.74, 6) is -0.363. The van der Waals surface area contributed by atoms with Crippen molar-refractivity contribution in [3.63, 3.8) is 0 Å². The highest BCUT2D eigenvalue weighted by atomic mass is 19.1. The Kier molecular flexibility index (Phi) is 2.51. The Morgan fingerprint density at radius 3 is 2.73 bits per heavy atom. The second kappa shape index (κ2) is 3.41. The standard InChI is InChI=1S/C7H10FN3/c8-5-1-2-7(11-4-5)6(10)3-9/h1-2,4,6H,3,9-10H2/t6-/m1/s1. The number of halogens is 1. The molecule has 1 aromatic rings. The fourth-order valence-corrected chi connectivity index (χ4v) is 0.727. The van der Waals surface area contributed by atoms with Crippen molar-refractivity contribution in [1.82, 2.24) is 4.98 Å². The van der Waals surface area contributed by atoms with E-state index in [0.717, 1.165) is 6.20 Å². The van der Waals surface area contributed by atoms with Crippen LogP contribution in [0.15, 0.2) is 18.3 Å². The number of hydrogen-bond donors (Lipinski definition) is 2. The van der Waals surface area contributed by atoms with E-state index in [1.807, 2.05) is 0 Å². The van der Waals surface area contributed by atoms with E-state index >= 15 is 0 Å². The average molecular weight is 155 g/mol. The van der Waals surface area contributed by atoms with E-state index in [9.17, 15) is 4.39 Å². The molecule has 0 fully saturated rings. The van der Waals surface area contributed by atoms with Crippen LogP contribution in [-0.4, -0.2) is 11.5 Å². The molecule has 0 radical (unpaired) electrons. The van der Waals surface area contributed by atoms with E-state index in [0.29, 0.717) is 12.2 Å². The van der Waals surface area contributed by atoms with Crippen molar-refractivity contribution < 1.29 is 4.39 Å². The van der Waals surface area contributed by atoms with Gasteiger partial charge in [-0.3, -0.25) is 4.98 Å². The van der Waals surface area contributed by atoms with Crippen LogP contribution in [0.25, 0.3) is 0 Å². The van der Waals surface area contributed by atoms with E-state index in [-0.39, 0.29) is 11.9 Å². The summed E-state index contributed by atoms with van der Waals surface area (Å²) in [7, 11) is 0. The molecule has 0 saturated carbocycles. The van der Waals surface area contributed by atoms with Crippen LogP contribution in [0.2, 0.25) is 0 Å². The number of nitrogens with zero attached hydrogens (tertiary/aromatic N) is 1. The van der Waals surface area contributed by atoms with Crippen molar-refractivity contribution in [1.29, 1.82) is 0 Å². The summed E-state index contributed by atoms with van der Waals surface area (Å²) >= 11 is 0. The van der Waals surface area contributed by atoms with Gasteiger partial charge in [-0.2, -0.15) is 0 Å². The van der Waals surface area contributed by atoms with Crippen LogP contribution < -0.4 is 11.5 Å². The van der Waals surface area contributed by atoms with Crippen LogP contribution in [0.1, 0.15) is 11.7 Å². The minimum Gasteiger partial charge on any atom is -0.329 e. The molecule has 1 aromatic heterocycles. The molecule has 4 heteroatoms. The Morgan fingerprint density at radius 1 is 1.55 bits per heavy atom. The fourth-order valence-electron chi connectivity index (χ4n) is 0.727. The van der Waals surface area contributed by atoms with Crippen molar-refractivity contribution >= 4 is 0 Å². The number of hydrogen-bond acceptors (Lipinski definition) is 3. The van der Waals surface area contributed by atoms with Crippen molar-refractivity contribution in [3.8, 4) is 0 Å². The molecule has 11 heavy (non-hydrogen) atoms. The molecule has 1 rings (SSSR count). The van der Waals surface area contributed by atoms with E-state index < -0.39 is 0 Å². The first-order valence-electron chi connectivity index (χ1n) is 3.31. The van der Waals surface area contributed by atoms with Crippen LogP contribution in [0.5, 0.6) is 0 Å². The smallest absolute Gasteiger partial charge is 0.141 e. The number of nitrogens with two attached hydrogens (primary N) is 2. The molecule has 0 bridgehead atoms. The Hall–Kier alpha value is -1.00. The molecule has 0 spiro atoms. The van der Waals surface area contributed by atoms with Crippen molar-refractivity contribution in [2.24, 2.45) is 11.5 Å². The minimum absolute atomic E-state index is 0.296. The average Bonchev–Trinajstić information content (AvgIpc) is 2.05. The highest BCUT2D eigenvalue weighted by Gasteiger charge is 2.03. The van der Waals surface area contributed by atoms with Gasteiger partial charge < -0.3 is 11.5 Å². The second-order valence-electron chi connectivity index (χ2n) is 2.24. The van der Waals surface area contributed by atoms with Gasteiger partial charge in [0.25, 0.3) is 0 Å². The molecule has 0 amide bonds. The van der Waals surface area contributed by atoms with Gasteiger partial charge in [0.15, 0.2) is 0 Å². The van der Waals surface area contributed by atoms with E-state index in [1.165, 1.54) is 12.1 Å². The van der Waals surface area contributed by atoms with Gasteiger partial charge in [0.05, 0.1) is 17.9 Å². The SMILES string of the molecule is NC[C@@H](N)c1ccc(F)cn1. The fraction of sp³-hybridized carbons (Fsp3) is 0.286. The van der Waals surface area contributed by atoms with Crippen molar-refractivity contribution in [2.75, 3.05) is 6.54 Å². The lowest BCUT2D eigenvalue weighted by atomic mass is 10.2. The summed E-state index contributed by atoms with van der Waals surface area (Å²) in [5.41, 5.74) is 11.4. The summed E-state index contributed by atoms with van der Waals surface area (Å²) in [4.78, 5) is 3.77. The Labute approximate surface area is 64.2 Å². The van der Waals surface area contributed by atoms with Gasteiger partial charge >= 0.3 is 0 Å². The Morgan fingerprint density at radius 2 is 2.27 bits per heavy atom. The van der Waals surface area contributed by atoms with Crippen LogP contribution in [-0.2, 0) is 0 Å². The molecule has 0 unspecified atom stereocenters.